The van der Waals surface area contributed by atoms with Crippen LogP contribution in [0, 0.1) is 11.3 Å². The third-order valence-electron chi connectivity index (χ3n) is 5.91. The van der Waals surface area contributed by atoms with E-state index in [1.54, 1.807) is 23.7 Å². The van der Waals surface area contributed by atoms with Gasteiger partial charge in [0, 0.05) is 37.4 Å². The predicted octanol–water partition coefficient (Wildman–Crippen LogP) is 1.97. The standard InChI is InChI=1S/C21H19N5O/c1-24-11-19-18(24)12-26(19)15-6-7-17-16(9-15)21(27)25(2)20(23-17)14-5-3-4-13(8-14)10-22/h3-9,18-19H,11-12H2,1-2H3/t18-,19?/m1/s1. The number of anilines is 1. The summed E-state index contributed by atoms with van der Waals surface area (Å²) in [5.74, 6) is 0.571. The van der Waals surface area contributed by atoms with Gasteiger partial charge in [0.05, 0.1) is 28.6 Å². The maximum atomic E-state index is 13.0. The van der Waals surface area contributed by atoms with Gasteiger partial charge in [0.1, 0.15) is 5.82 Å². The number of piperazine rings is 1. The first-order valence-corrected chi connectivity index (χ1v) is 9.05. The monoisotopic (exact) mass is 357 g/mol. The first-order chi connectivity index (χ1) is 13.1. The molecule has 6 heteroatoms. The summed E-state index contributed by atoms with van der Waals surface area (Å²) in [6, 6.07) is 16.5. The van der Waals surface area contributed by atoms with Gasteiger partial charge in [-0.1, -0.05) is 12.1 Å². The second-order valence-electron chi connectivity index (χ2n) is 7.42. The fourth-order valence-corrected chi connectivity index (χ4v) is 4.19. The number of rotatable bonds is 2. The molecule has 2 fully saturated rings. The molecule has 0 saturated carbocycles. The Morgan fingerprint density at radius 2 is 1.96 bits per heavy atom. The summed E-state index contributed by atoms with van der Waals surface area (Å²) in [7, 11) is 3.89. The number of fused-ring (bicyclic) bond motifs is 2. The minimum Gasteiger partial charge on any atom is -0.364 e. The van der Waals surface area contributed by atoms with Crippen molar-refractivity contribution in [2.45, 2.75) is 12.1 Å². The fraction of sp³-hybridized carbons (Fsp3) is 0.286. The van der Waals surface area contributed by atoms with Crippen LogP contribution in [0.2, 0.25) is 0 Å². The number of nitriles is 1. The van der Waals surface area contributed by atoms with Crippen LogP contribution < -0.4 is 10.5 Å². The van der Waals surface area contributed by atoms with Gasteiger partial charge in [-0.15, -0.1) is 0 Å². The van der Waals surface area contributed by atoms with Gasteiger partial charge in [0.15, 0.2) is 0 Å². The van der Waals surface area contributed by atoms with Crippen LogP contribution in [0.25, 0.3) is 22.3 Å². The van der Waals surface area contributed by atoms with Crippen LogP contribution in [0.1, 0.15) is 5.56 Å². The lowest BCUT2D eigenvalue weighted by molar-refractivity contribution is 0.0369. The maximum Gasteiger partial charge on any atom is 0.261 e. The van der Waals surface area contributed by atoms with E-state index in [9.17, 15) is 4.79 Å². The van der Waals surface area contributed by atoms with Gasteiger partial charge in [0.2, 0.25) is 0 Å². The molecule has 2 atom stereocenters. The van der Waals surface area contributed by atoms with Crippen molar-refractivity contribution in [3.8, 4) is 17.5 Å². The molecular formula is C21H19N5O. The van der Waals surface area contributed by atoms with Crippen LogP contribution in [0.3, 0.4) is 0 Å². The van der Waals surface area contributed by atoms with Crippen molar-refractivity contribution in [1.82, 2.24) is 14.5 Å². The Kier molecular flexibility index (Phi) is 3.36. The van der Waals surface area contributed by atoms with Crippen molar-refractivity contribution in [3.63, 3.8) is 0 Å². The molecule has 1 unspecified atom stereocenters. The van der Waals surface area contributed by atoms with Crippen LogP contribution in [-0.2, 0) is 7.05 Å². The Morgan fingerprint density at radius 1 is 1.11 bits per heavy atom. The summed E-state index contributed by atoms with van der Waals surface area (Å²) in [5, 5.41) is 9.76. The zero-order chi connectivity index (χ0) is 18.7. The first kappa shape index (κ1) is 16.0. The molecule has 2 saturated heterocycles. The molecule has 5 rings (SSSR count). The van der Waals surface area contributed by atoms with Gasteiger partial charge in [-0.05, 0) is 37.4 Å². The molecule has 0 aliphatic carbocycles. The second kappa shape index (κ2) is 5.66. The van der Waals surface area contributed by atoms with Gasteiger partial charge in [-0.25, -0.2) is 4.98 Å². The van der Waals surface area contributed by atoms with Gasteiger partial charge < -0.3 is 4.90 Å². The quantitative estimate of drug-likeness (QED) is 0.702. The van der Waals surface area contributed by atoms with Gasteiger partial charge in [-0.2, -0.15) is 5.26 Å². The number of likely N-dealkylation sites (N-methyl/N-ethyl adjacent to an activating group) is 1. The summed E-state index contributed by atoms with van der Waals surface area (Å²) >= 11 is 0. The van der Waals surface area contributed by atoms with Gasteiger partial charge in [-0.3, -0.25) is 14.3 Å². The van der Waals surface area contributed by atoms with E-state index in [1.165, 1.54) is 0 Å². The minimum absolute atomic E-state index is 0.0676. The van der Waals surface area contributed by atoms with Crippen molar-refractivity contribution in [1.29, 1.82) is 5.26 Å². The number of hydrogen-bond acceptors (Lipinski definition) is 5. The molecule has 134 valence electrons. The molecule has 0 spiro atoms. The number of nitrogens with zero attached hydrogens (tertiary/aromatic N) is 5. The van der Waals surface area contributed by atoms with E-state index < -0.39 is 0 Å². The third kappa shape index (κ3) is 2.29. The number of aromatic nitrogens is 2. The average Bonchev–Trinajstić information content (AvgIpc) is 2.68. The largest absolute Gasteiger partial charge is 0.364 e. The first-order valence-electron chi connectivity index (χ1n) is 9.05. The molecule has 6 nitrogen and oxygen atoms in total. The van der Waals surface area contributed by atoms with Crippen LogP contribution >= 0.6 is 0 Å². The molecule has 0 bridgehead atoms. The SMILES string of the molecule is CN1CC2[C@H]1CN2c1ccc2nc(-c3cccc(C#N)c3)n(C)c(=O)c2c1. The smallest absolute Gasteiger partial charge is 0.261 e. The number of likely N-dealkylation sites (tertiary alicyclic amines) is 1. The maximum absolute atomic E-state index is 13.0. The van der Waals surface area contributed by atoms with E-state index in [0.717, 1.165) is 24.3 Å². The van der Waals surface area contributed by atoms with E-state index >= 15 is 0 Å². The molecule has 3 heterocycles. The van der Waals surface area contributed by atoms with Crippen LogP contribution in [0.4, 0.5) is 5.69 Å². The van der Waals surface area contributed by atoms with E-state index in [-0.39, 0.29) is 5.56 Å². The lowest BCUT2D eigenvalue weighted by Gasteiger charge is -2.62. The van der Waals surface area contributed by atoms with Crippen LogP contribution in [0.15, 0.2) is 47.3 Å². The highest BCUT2D eigenvalue weighted by molar-refractivity contribution is 5.84. The Morgan fingerprint density at radius 3 is 2.67 bits per heavy atom. The Bertz CT molecular complexity index is 1180. The summed E-state index contributed by atoms with van der Waals surface area (Å²) in [6.07, 6.45) is 0. The fourth-order valence-electron chi connectivity index (χ4n) is 4.19. The molecule has 0 N–H and O–H groups in total. The van der Waals surface area contributed by atoms with Crippen LogP contribution in [-0.4, -0.2) is 46.7 Å². The second-order valence-corrected chi connectivity index (χ2v) is 7.42. The van der Waals surface area contributed by atoms with E-state index in [0.29, 0.717) is 34.4 Å². The Balaban J connectivity index is 1.59. The molecule has 1 aromatic heterocycles. The molecule has 27 heavy (non-hydrogen) atoms. The Hall–Kier alpha value is -3.17. The van der Waals surface area contributed by atoms with Crippen molar-refractivity contribution in [3.05, 3.63) is 58.4 Å². The number of hydrogen-bond donors (Lipinski definition) is 0. The molecule has 2 aromatic carbocycles. The molecule has 3 aromatic rings. The van der Waals surface area contributed by atoms with Gasteiger partial charge >= 0.3 is 0 Å². The van der Waals surface area contributed by atoms with E-state index in [1.807, 2.05) is 24.3 Å². The lowest BCUT2D eigenvalue weighted by atomic mass is 9.85. The van der Waals surface area contributed by atoms with Gasteiger partial charge in [0.25, 0.3) is 5.56 Å². The molecular weight excluding hydrogens is 338 g/mol. The average molecular weight is 357 g/mol. The highest BCUT2D eigenvalue weighted by atomic mass is 16.1. The van der Waals surface area contributed by atoms with Crippen molar-refractivity contribution < 1.29 is 0 Å². The van der Waals surface area contributed by atoms with Crippen molar-refractivity contribution >= 4 is 16.6 Å². The lowest BCUT2D eigenvalue weighted by Crippen LogP contribution is -2.78. The normalized spacial score (nSPS) is 21.3. The van der Waals surface area contributed by atoms with Crippen molar-refractivity contribution in [2.75, 3.05) is 25.0 Å². The minimum atomic E-state index is -0.0676. The topological polar surface area (TPSA) is 65.2 Å². The zero-order valence-electron chi connectivity index (χ0n) is 15.3. The Labute approximate surface area is 156 Å². The molecule has 2 aliphatic rings. The zero-order valence-corrected chi connectivity index (χ0v) is 15.3. The predicted molar refractivity (Wildman–Crippen MR) is 105 cm³/mol. The van der Waals surface area contributed by atoms with Crippen LogP contribution in [0.5, 0.6) is 0 Å². The van der Waals surface area contributed by atoms with E-state index in [2.05, 4.69) is 29.0 Å². The molecule has 2 aliphatic heterocycles. The van der Waals surface area contributed by atoms with Crippen molar-refractivity contribution in [2.24, 2.45) is 7.05 Å². The summed E-state index contributed by atoms with van der Waals surface area (Å²) in [4.78, 5) is 22.4. The summed E-state index contributed by atoms with van der Waals surface area (Å²) < 4.78 is 1.57. The third-order valence-corrected chi connectivity index (χ3v) is 5.91. The summed E-state index contributed by atoms with van der Waals surface area (Å²) in [6.45, 7) is 2.09. The van der Waals surface area contributed by atoms with E-state index in [4.69, 9.17) is 10.2 Å². The molecule has 0 radical (unpaired) electrons. The molecule has 0 amide bonds. The highest BCUT2D eigenvalue weighted by Crippen LogP contribution is 2.36. The number of benzene rings is 2. The summed E-state index contributed by atoms with van der Waals surface area (Å²) in [5.41, 5.74) is 3.02. The highest BCUT2D eigenvalue weighted by Gasteiger charge is 2.49.